The van der Waals surface area contributed by atoms with Crippen molar-refractivity contribution in [3.63, 3.8) is 0 Å². The highest BCUT2D eigenvalue weighted by molar-refractivity contribution is 7.80. The molecule has 0 aromatic carbocycles. The summed E-state index contributed by atoms with van der Waals surface area (Å²) in [5, 5.41) is 22.3. The number of carbonyl (C=O) groups is 1. The summed E-state index contributed by atoms with van der Waals surface area (Å²) >= 11 is 4.97. The van der Waals surface area contributed by atoms with Gasteiger partial charge in [-0.2, -0.15) is 5.26 Å². The molecule has 8 heteroatoms. The molecule has 7 nitrogen and oxygen atoms in total. The fraction of sp³-hybridized carbons (Fsp3) is 0.444. The number of hydrogen-bond donors (Lipinski definition) is 1. The second kappa shape index (κ2) is 7.30. The van der Waals surface area contributed by atoms with E-state index in [0.717, 1.165) is 19.3 Å². The summed E-state index contributed by atoms with van der Waals surface area (Å²) in [7, 11) is 0. The van der Waals surface area contributed by atoms with Gasteiger partial charge in [0.25, 0.3) is 0 Å². The Labute approximate surface area is 156 Å². The molecule has 0 radical (unpaired) electrons. The molecule has 2 atom stereocenters. The Morgan fingerprint density at radius 1 is 1.38 bits per heavy atom. The van der Waals surface area contributed by atoms with Crippen molar-refractivity contribution in [2.75, 3.05) is 0 Å². The predicted octanol–water partition coefficient (Wildman–Crippen LogP) is 1.40. The third kappa shape index (κ3) is 3.35. The van der Waals surface area contributed by atoms with Gasteiger partial charge in [0.2, 0.25) is 0 Å². The number of nitrogens with zero attached hydrogens (tertiary/aromatic N) is 2. The second-order valence-electron chi connectivity index (χ2n) is 6.44. The largest absolute Gasteiger partial charge is 0.574 e. The van der Waals surface area contributed by atoms with Crippen molar-refractivity contribution in [1.82, 2.24) is 4.98 Å². The number of nitriles is 1. The molecule has 1 spiro atoms. The third-order valence-corrected chi connectivity index (χ3v) is 5.00. The maximum Gasteiger partial charge on any atom is 0.337 e. The van der Waals surface area contributed by atoms with Crippen LogP contribution in [-0.4, -0.2) is 21.7 Å². The SMILES string of the molecule is N#CC(C(N)=S)C(C1=C([O-])OC2(CCCCC2)OC1=O)c1cccnc1. The standard InChI is InChI=1S/C18H19N3O4S/c19-9-12(15(20)26)13(11-5-4-8-21-10-11)14-16(22)24-18(25-17(14)23)6-2-1-3-7-18/h4-5,8,10,12-13,22H,1-3,6-7H2,(H2,20,26)/p-1. The van der Waals surface area contributed by atoms with Crippen molar-refractivity contribution < 1.29 is 19.4 Å². The Morgan fingerprint density at radius 2 is 2.12 bits per heavy atom. The Balaban J connectivity index is 2.06. The zero-order chi connectivity index (χ0) is 18.7. The molecule has 26 heavy (non-hydrogen) atoms. The van der Waals surface area contributed by atoms with E-state index in [2.05, 4.69) is 4.98 Å². The molecule has 0 bridgehead atoms. The average molecular weight is 372 g/mol. The molecule has 136 valence electrons. The minimum atomic E-state index is -1.19. The first-order chi connectivity index (χ1) is 12.5. The fourth-order valence-electron chi connectivity index (χ4n) is 3.49. The van der Waals surface area contributed by atoms with Crippen LogP contribution in [0.2, 0.25) is 0 Å². The molecule has 0 amide bonds. The van der Waals surface area contributed by atoms with Gasteiger partial charge in [-0.25, -0.2) is 4.79 Å². The minimum absolute atomic E-state index is 0.118. The van der Waals surface area contributed by atoms with Crippen molar-refractivity contribution in [2.45, 2.75) is 43.8 Å². The monoisotopic (exact) mass is 372 g/mol. The summed E-state index contributed by atoms with van der Waals surface area (Å²) in [5.74, 6) is -4.82. The summed E-state index contributed by atoms with van der Waals surface area (Å²) in [6.07, 6.45) is 6.60. The normalized spacial score (nSPS) is 21.3. The molecular weight excluding hydrogens is 354 g/mol. The van der Waals surface area contributed by atoms with Crippen LogP contribution in [-0.2, 0) is 14.3 Å². The lowest BCUT2D eigenvalue weighted by molar-refractivity contribution is -0.402. The Morgan fingerprint density at radius 3 is 2.65 bits per heavy atom. The number of ether oxygens (including phenoxy) is 2. The van der Waals surface area contributed by atoms with E-state index in [4.69, 9.17) is 27.4 Å². The van der Waals surface area contributed by atoms with Gasteiger partial charge in [0.15, 0.2) is 5.79 Å². The fourth-order valence-corrected chi connectivity index (χ4v) is 3.68. The van der Waals surface area contributed by atoms with E-state index in [1.165, 1.54) is 6.20 Å². The third-order valence-electron chi connectivity index (χ3n) is 4.75. The van der Waals surface area contributed by atoms with Crippen LogP contribution in [0.4, 0.5) is 0 Å². The summed E-state index contributed by atoms with van der Waals surface area (Å²) < 4.78 is 11.1. The zero-order valence-corrected chi connectivity index (χ0v) is 14.8. The molecule has 3 rings (SSSR count). The summed E-state index contributed by atoms with van der Waals surface area (Å²) in [6.45, 7) is 0. The molecule has 2 unspecified atom stereocenters. The average Bonchev–Trinajstić information content (AvgIpc) is 2.61. The molecule has 1 aromatic heterocycles. The van der Waals surface area contributed by atoms with E-state index in [-0.39, 0.29) is 10.6 Å². The lowest BCUT2D eigenvalue weighted by Gasteiger charge is -2.47. The highest BCUT2D eigenvalue weighted by Gasteiger charge is 2.43. The molecule has 1 fully saturated rings. The first-order valence-electron chi connectivity index (χ1n) is 8.40. The Bertz CT molecular complexity index is 781. The number of thiocarbonyl (C=S) groups is 1. The lowest BCUT2D eigenvalue weighted by Crippen LogP contribution is -2.47. The van der Waals surface area contributed by atoms with Crippen LogP contribution in [0.5, 0.6) is 0 Å². The molecule has 1 saturated carbocycles. The molecule has 1 aromatic rings. The summed E-state index contributed by atoms with van der Waals surface area (Å²) in [5.41, 5.74) is 5.89. The molecule has 1 aliphatic carbocycles. The maximum absolute atomic E-state index is 12.8. The van der Waals surface area contributed by atoms with Crippen LogP contribution >= 0.6 is 12.2 Å². The predicted molar refractivity (Wildman–Crippen MR) is 92.9 cm³/mol. The van der Waals surface area contributed by atoms with Gasteiger partial charge in [0.05, 0.1) is 22.6 Å². The first-order valence-corrected chi connectivity index (χ1v) is 8.80. The van der Waals surface area contributed by atoms with Crippen molar-refractivity contribution in [3.05, 3.63) is 41.6 Å². The number of hydrogen-bond acceptors (Lipinski definition) is 7. The minimum Gasteiger partial charge on any atom is -0.574 e. The van der Waals surface area contributed by atoms with E-state index in [9.17, 15) is 15.2 Å². The number of esters is 1. The van der Waals surface area contributed by atoms with Gasteiger partial charge >= 0.3 is 5.97 Å². The molecule has 2 heterocycles. The van der Waals surface area contributed by atoms with Crippen molar-refractivity contribution in [2.24, 2.45) is 11.7 Å². The summed E-state index contributed by atoms with van der Waals surface area (Å²) in [6, 6.07) is 5.27. The van der Waals surface area contributed by atoms with Gasteiger partial charge in [-0.05, 0) is 37.3 Å². The van der Waals surface area contributed by atoms with E-state index in [0.29, 0.717) is 18.4 Å². The van der Waals surface area contributed by atoms with Crippen molar-refractivity contribution in [1.29, 1.82) is 5.26 Å². The molecule has 0 saturated heterocycles. The first kappa shape index (κ1) is 18.1. The number of aromatic nitrogens is 1. The van der Waals surface area contributed by atoms with Gasteiger partial charge in [0, 0.05) is 18.3 Å². The summed E-state index contributed by atoms with van der Waals surface area (Å²) in [4.78, 5) is 16.6. The van der Waals surface area contributed by atoms with Gasteiger partial charge in [-0.3, -0.25) is 4.98 Å². The highest BCUT2D eigenvalue weighted by atomic mass is 32.1. The van der Waals surface area contributed by atoms with Crippen molar-refractivity contribution >= 4 is 23.2 Å². The Kier molecular flexibility index (Phi) is 5.09. The van der Waals surface area contributed by atoms with E-state index in [1.807, 2.05) is 6.07 Å². The van der Waals surface area contributed by atoms with Crippen LogP contribution in [0.3, 0.4) is 0 Å². The van der Waals surface area contributed by atoms with Gasteiger partial charge in [-0.1, -0.05) is 24.7 Å². The maximum atomic E-state index is 12.8. The van der Waals surface area contributed by atoms with Crippen LogP contribution in [0, 0.1) is 17.2 Å². The zero-order valence-electron chi connectivity index (χ0n) is 14.0. The van der Waals surface area contributed by atoms with Gasteiger partial charge in [0.1, 0.15) is 5.92 Å². The molecule has 1 aliphatic heterocycles. The van der Waals surface area contributed by atoms with Crippen LogP contribution in [0.25, 0.3) is 0 Å². The van der Waals surface area contributed by atoms with Crippen LogP contribution < -0.4 is 10.8 Å². The van der Waals surface area contributed by atoms with E-state index >= 15 is 0 Å². The van der Waals surface area contributed by atoms with Crippen molar-refractivity contribution in [3.8, 4) is 6.07 Å². The number of carbonyl (C=O) groups excluding carboxylic acids is 1. The van der Waals surface area contributed by atoms with E-state index < -0.39 is 29.5 Å². The quantitative estimate of drug-likeness (QED) is 0.622. The Hall–Kier alpha value is -2.66. The van der Waals surface area contributed by atoms with Crippen LogP contribution in [0.1, 0.15) is 43.6 Å². The smallest absolute Gasteiger partial charge is 0.337 e. The number of rotatable bonds is 4. The van der Waals surface area contributed by atoms with Gasteiger partial charge < -0.3 is 20.3 Å². The molecular formula is C18H18N3O4S-. The molecule has 2 aliphatic rings. The van der Waals surface area contributed by atoms with Crippen LogP contribution in [0.15, 0.2) is 36.0 Å². The lowest BCUT2D eigenvalue weighted by atomic mass is 9.81. The topological polar surface area (TPSA) is 121 Å². The number of pyridine rings is 1. The second-order valence-corrected chi connectivity index (χ2v) is 6.91. The van der Waals surface area contributed by atoms with E-state index in [1.54, 1.807) is 18.3 Å². The number of nitrogens with two attached hydrogens (primary N) is 1. The highest BCUT2D eigenvalue weighted by Crippen LogP contribution is 2.42. The van der Waals surface area contributed by atoms with Gasteiger partial charge in [-0.15, -0.1) is 0 Å². The molecule has 2 N–H and O–H groups in total.